The van der Waals surface area contributed by atoms with Gasteiger partial charge in [0.1, 0.15) is 0 Å². The first-order valence-corrected chi connectivity index (χ1v) is 5.84. The second kappa shape index (κ2) is 3.91. The SMILES string of the molecule is O/N=C1/CN(Cc2ccccc2)CC2CC12. The zero-order valence-corrected chi connectivity index (χ0v) is 9.21. The minimum Gasteiger partial charge on any atom is -0.411 e. The summed E-state index contributed by atoms with van der Waals surface area (Å²) in [5.41, 5.74) is 2.31. The number of hydrogen-bond donors (Lipinski definition) is 1. The van der Waals surface area contributed by atoms with Crippen LogP contribution >= 0.6 is 0 Å². The Morgan fingerprint density at radius 2 is 2.12 bits per heavy atom. The van der Waals surface area contributed by atoms with Gasteiger partial charge in [-0.25, -0.2) is 0 Å². The summed E-state index contributed by atoms with van der Waals surface area (Å²) in [6.45, 7) is 2.94. The third-order valence-electron chi connectivity index (χ3n) is 3.61. The Morgan fingerprint density at radius 1 is 1.31 bits per heavy atom. The molecule has 1 saturated carbocycles. The fourth-order valence-corrected chi connectivity index (χ4v) is 2.67. The van der Waals surface area contributed by atoms with Crippen LogP contribution in [0.4, 0.5) is 0 Å². The number of benzene rings is 1. The van der Waals surface area contributed by atoms with E-state index in [0.717, 1.165) is 31.3 Å². The van der Waals surface area contributed by atoms with Gasteiger partial charge in [0.15, 0.2) is 0 Å². The van der Waals surface area contributed by atoms with Gasteiger partial charge in [-0.1, -0.05) is 35.5 Å². The Kier molecular flexibility index (Phi) is 2.40. The molecule has 1 N–H and O–H groups in total. The van der Waals surface area contributed by atoms with Crippen LogP contribution in [0.5, 0.6) is 0 Å². The van der Waals surface area contributed by atoms with Crippen molar-refractivity contribution < 1.29 is 5.21 Å². The van der Waals surface area contributed by atoms with E-state index < -0.39 is 0 Å². The van der Waals surface area contributed by atoms with Gasteiger partial charge >= 0.3 is 0 Å². The molecule has 1 aromatic carbocycles. The molecular formula is C13H16N2O. The van der Waals surface area contributed by atoms with E-state index in [0.29, 0.717) is 5.92 Å². The van der Waals surface area contributed by atoms with E-state index in [1.807, 2.05) is 6.07 Å². The molecule has 16 heavy (non-hydrogen) atoms. The van der Waals surface area contributed by atoms with Crippen LogP contribution in [0.25, 0.3) is 0 Å². The van der Waals surface area contributed by atoms with Crippen LogP contribution in [0.1, 0.15) is 12.0 Å². The normalized spacial score (nSPS) is 31.4. The van der Waals surface area contributed by atoms with Gasteiger partial charge in [0.2, 0.25) is 0 Å². The van der Waals surface area contributed by atoms with Crippen molar-refractivity contribution in [3.8, 4) is 0 Å². The molecule has 0 bridgehead atoms. The Labute approximate surface area is 95.4 Å². The minimum atomic E-state index is 0.581. The molecule has 1 aliphatic carbocycles. The molecule has 0 spiro atoms. The van der Waals surface area contributed by atoms with Crippen molar-refractivity contribution in [3.63, 3.8) is 0 Å². The highest BCUT2D eigenvalue weighted by atomic mass is 16.4. The number of oxime groups is 1. The van der Waals surface area contributed by atoms with Crippen LogP contribution in [-0.4, -0.2) is 28.9 Å². The average Bonchev–Trinajstić information content (AvgIpc) is 3.08. The van der Waals surface area contributed by atoms with Crippen LogP contribution in [0.3, 0.4) is 0 Å². The number of rotatable bonds is 2. The second-order valence-electron chi connectivity index (χ2n) is 4.85. The van der Waals surface area contributed by atoms with Gasteiger partial charge in [-0.15, -0.1) is 0 Å². The van der Waals surface area contributed by atoms with Crippen molar-refractivity contribution in [2.45, 2.75) is 13.0 Å². The quantitative estimate of drug-likeness (QED) is 0.606. The molecule has 2 fully saturated rings. The molecule has 1 saturated heterocycles. The highest BCUT2D eigenvalue weighted by Gasteiger charge is 2.46. The molecule has 1 aromatic rings. The molecule has 0 radical (unpaired) electrons. The van der Waals surface area contributed by atoms with Crippen LogP contribution in [0, 0.1) is 11.8 Å². The largest absolute Gasteiger partial charge is 0.411 e. The standard InChI is InChI=1S/C13H16N2O/c16-14-13-9-15(8-11-6-12(11)13)7-10-4-2-1-3-5-10/h1-5,11-12,16H,6-9H2/b14-13-. The van der Waals surface area contributed by atoms with E-state index in [9.17, 15) is 0 Å². The van der Waals surface area contributed by atoms with E-state index in [1.165, 1.54) is 12.0 Å². The molecule has 84 valence electrons. The fourth-order valence-electron chi connectivity index (χ4n) is 2.67. The summed E-state index contributed by atoms with van der Waals surface area (Å²) in [5, 5.41) is 12.4. The zero-order chi connectivity index (χ0) is 11.0. The molecule has 0 aromatic heterocycles. The number of nitrogens with zero attached hydrogens (tertiary/aromatic N) is 2. The number of likely N-dealkylation sites (tertiary alicyclic amines) is 1. The van der Waals surface area contributed by atoms with Gasteiger partial charge in [-0.05, 0) is 17.9 Å². The molecule has 3 rings (SSSR count). The molecule has 2 unspecified atom stereocenters. The minimum absolute atomic E-state index is 0.581. The summed E-state index contributed by atoms with van der Waals surface area (Å²) in [6.07, 6.45) is 1.21. The fraction of sp³-hybridized carbons (Fsp3) is 0.462. The Bertz CT molecular complexity index is 402. The molecule has 3 heteroatoms. The van der Waals surface area contributed by atoms with Crippen LogP contribution in [-0.2, 0) is 6.54 Å². The lowest BCUT2D eigenvalue weighted by molar-refractivity contribution is 0.258. The Hall–Kier alpha value is -1.35. The van der Waals surface area contributed by atoms with Gasteiger partial charge in [0.05, 0.1) is 5.71 Å². The maximum absolute atomic E-state index is 8.93. The van der Waals surface area contributed by atoms with Crippen LogP contribution < -0.4 is 0 Å². The summed E-state index contributed by atoms with van der Waals surface area (Å²) >= 11 is 0. The average molecular weight is 216 g/mol. The number of hydrogen-bond acceptors (Lipinski definition) is 3. The van der Waals surface area contributed by atoms with Crippen molar-refractivity contribution in [2.75, 3.05) is 13.1 Å². The van der Waals surface area contributed by atoms with E-state index in [-0.39, 0.29) is 0 Å². The monoisotopic (exact) mass is 216 g/mol. The first-order chi connectivity index (χ1) is 7.86. The van der Waals surface area contributed by atoms with Crippen molar-refractivity contribution >= 4 is 5.71 Å². The predicted octanol–water partition coefficient (Wildman–Crippen LogP) is 1.97. The lowest BCUT2D eigenvalue weighted by atomic mass is 10.1. The Balaban J connectivity index is 1.68. The molecule has 0 amide bonds. The third kappa shape index (κ3) is 1.83. The van der Waals surface area contributed by atoms with Crippen LogP contribution in [0.2, 0.25) is 0 Å². The highest BCUT2D eigenvalue weighted by Crippen LogP contribution is 2.43. The summed E-state index contributed by atoms with van der Waals surface area (Å²) in [4.78, 5) is 2.37. The van der Waals surface area contributed by atoms with Gasteiger partial charge in [0.25, 0.3) is 0 Å². The van der Waals surface area contributed by atoms with Crippen molar-refractivity contribution in [3.05, 3.63) is 35.9 Å². The predicted molar refractivity (Wildman–Crippen MR) is 62.5 cm³/mol. The first kappa shape index (κ1) is 9.85. The van der Waals surface area contributed by atoms with Gasteiger partial charge in [-0.3, -0.25) is 4.90 Å². The molecule has 1 heterocycles. The highest BCUT2D eigenvalue weighted by molar-refractivity contribution is 5.91. The number of fused-ring (bicyclic) bond motifs is 1. The van der Waals surface area contributed by atoms with E-state index in [4.69, 9.17) is 5.21 Å². The maximum atomic E-state index is 8.93. The third-order valence-corrected chi connectivity index (χ3v) is 3.61. The summed E-state index contributed by atoms with van der Waals surface area (Å²) in [5.74, 6) is 1.32. The molecule has 2 aliphatic rings. The second-order valence-corrected chi connectivity index (χ2v) is 4.85. The van der Waals surface area contributed by atoms with Crippen LogP contribution in [0.15, 0.2) is 35.5 Å². The lowest BCUT2D eigenvalue weighted by Crippen LogP contribution is -2.37. The maximum Gasteiger partial charge on any atom is 0.0744 e. The topological polar surface area (TPSA) is 35.8 Å². The van der Waals surface area contributed by atoms with E-state index in [2.05, 4.69) is 34.3 Å². The van der Waals surface area contributed by atoms with E-state index >= 15 is 0 Å². The van der Waals surface area contributed by atoms with Gasteiger partial charge in [0, 0.05) is 25.6 Å². The molecule has 3 nitrogen and oxygen atoms in total. The van der Waals surface area contributed by atoms with Gasteiger partial charge < -0.3 is 5.21 Å². The lowest BCUT2D eigenvalue weighted by Gasteiger charge is -2.26. The smallest absolute Gasteiger partial charge is 0.0744 e. The summed E-state index contributed by atoms with van der Waals surface area (Å²) in [6, 6.07) is 10.5. The van der Waals surface area contributed by atoms with Crippen molar-refractivity contribution in [1.82, 2.24) is 4.90 Å². The van der Waals surface area contributed by atoms with E-state index in [1.54, 1.807) is 0 Å². The molecule has 1 aliphatic heterocycles. The molecule has 2 atom stereocenters. The zero-order valence-electron chi connectivity index (χ0n) is 9.21. The first-order valence-electron chi connectivity index (χ1n) is 5.84. The van der Waals surface area contributed by atoms with Crippen molar-refractivity contribution in [1.29, 1.82) is 0 Å². The Morgan fingerprint density at radius 3 is 2.88 bits per heavy atom. The summed E-state index contributed by atoms with van der Waals surface area (Å²) in [7, 11) is 0. The van der Waals surface area contributed by atoms with Gasteiger partial charge in [-0.2, -0.15) is 0 Å². The van der Waals surface area contributed by atoms with Crippen molar-refractivity contribution in [2.24, 2.45) is 17.0 Å². The number of piperidine rings is 1. The molecular weight excluding hydrogens is 200 g/mol. The summed E-state index contributed by atoms with van der Waals surface area (Å²) < 4.78 is 0.